The summed E-state index contributed by atoms with van der Waals surface area (Å²) in [6.45, 7) is 2.83. The predicted molar refractivity (Wildman–Crippen MR) is 81.4 cm³/mol. The van der Waals surface area contributed by atoms with E-state index in [1.807, 2.05) is 0 Å². The molecule has 0 aromatic rings. The van der Waals surface area contributed by atoms with Crippen LogP contribution in [0.4, 0.5) is 0 Å². The van der Waals surface area contributed by atoms with Crippen molar-refractivity contribution in [1.29, 1.82) is 0 Å². The van der Waals surface area contributed by atoms with Gasteiger partial charge in [-0.05, 0) is 18.8 Å². The lowest BCUT2D eigenvalue weighted by atomic mass is 9.87. The van der Waals surface area contributed by atoms with Crippen LogP contribution in [0.15, 0.2) is 0 Å². The van der Waals surface area contributed by atoms with E-state index in [2.05, 4.69) is 0 Å². The van der Waals surface area contributed by atoms with Crippen LogP contribution >= 0.6 is 0 Å². The maximum atomic E-state index is 10.2. The van der Waals surface area contributed by atoms with Crippen LogP contribution in [0.25, 0.3) is 0 Å². The first kappa shape index (κ1) is 18.8. The van der Waals surface area contributed by atoms with Gasteiger partial charge < -0.3 is 24.4 Å². The van der Waals surface area contributed by atoms with Gasteiger partial charge in [-0.2, -0.15) is 0 Å². The van der Waals surface area contributed by atoms with Gasteiger partial charge in [0.15, 0.2) is 0 Å². The molecule has 1 rings (SSSR count). The van der Waals surface area contributed by atoms with Crippen LogP contribution in [0.5, 0.6) is 0 Å². The van der Waals surface area contributed by atoms with Crippen molar-refractivity contribution < 1.29 is 24.4 Å². The molecule has 1 atom stereocenters. The molecule has 0 aromatic heterocycles. The summed E-state index contributed by atoms with van der Waals surface area (Å²) in [4.78, 5) is 0. The average Bonchev–Trinajstić information content (AvgIpc) is 2.45. The zero-order valence-electron chi connectivity index (χ0n) is 13.2. The second-order valence-electron chi connectivity index (χ2n) is 5.70. The Morgan fingerprint density at radius 2 is 1.29 bits per heavy atom. The van der Waals surface area contributed by atoms with Crippen molar-refractivity contribution in [2.75, 3.05) is 46.2 Å². The Balaban J connectivity index is 1.93. The first-order chi connectivity index (χ1) is 10.3. The molecule has 0 aromatic carbocycles. The summed E-state index contributed by atoms with van der Waals surface area (Å²) >= 11 is 0. The highest BCUT2D eigenvalue weighted by Gasteiger charge is 2.19. The molecule has 0 heterocycles. The fraction of sp³-hybridized carbons (Fsp3) is 1.00. The van der Waals surface area contributed by atoms with Gasteiger partial charge in [0.2, 0.25) is 0 Å². The molecule has 0 aliphatic heterocycles. The minimum Gasteiger partial charge on any atom is -0.394 e. The van der Waals surface area contributed by atoms with Crippen molar-refractivity contribution >= 4 is 0 Å². The van der Waals surface area contributed by atoms with Gasteiger partial charge in [0.25, 0.3) is 0 Å². The molecule has 1 aliphatic carbocycles. The molecule has 5 nitrogen and oxygen atoms in total. The molecule has 0 radical (unpaired) electrons. The molecule has 5 heteroatoms. The van der Waals surface area contributed by atoms with Gasteiger partial charge in [0, 0.05) is 0 Å². The summed E-state index contributed by atoms with van der Waals surface area (Å²) in [7, 11) is 0. The zero-order valence-corrected chi connectivity index (χ0v) is 13.2. The van der Waals surface area contributed by atoms with Crippen LogP contribution in [-0.4, -0.2) is 62.6 Å². The molecule has 0 amide bonds. The third-order valence-electron chi connectivity index (χ3n) is 3.96. The largest absolute Gasteiger partial charge is 0.394 e. The second kappa shape index (κ2) is 13.5. The van der Waals surface area contributed by atoms with Crippen LogP contribution in [-0.2, 0) is 14.2 Å². The molecular weight excluding hydrogens is 272 g/mol. The second-order valence-corrected chi connectivity index (χ2v) is 5.70. The number of aliphatic hydroxyl groups excluding tert-OH is 2. The normalized spacial score (nSPS) is 19.1. The summed E-state index contributed by atoms with van der Waals surface area (Å²) in [5.74, 6) is 0.401. The van der Waals surface area contributed by atoms with Crippen LogP contribution in [0.1, 0.15) is 44.9 Å². The minimum atomic E-state index is -0.337. The van der Waals surface area contributed by atoms with Crippen molar-refractivity contribution in [3.05, 3.63) is 0 Å². The number of aliphatic hydroxyl groups is 2. The number of rotatable bonds is 11. The third kappa shape index (κ3) is 10.2. The summed E-state index contributed by atoms with van der Waals surface area (Å²) < 4.78 is 15.9. The van der Waals surface area contributed by atoms with E-state index in [4.69, 9.17) is 19.3 Å². The van der Waals surface area contributed by atoms with Gasteiger partial charge >= 0.3 is 0 Å². The van der Waals surface area contributed by atoms with E-state index in [-0.39, 0.29) is 12.7 Å². The van der Waals surface area contributed by atoms with Crippen molar-refractivity contribution in [3.63, 3.8) is 0 Å². The maximum absolute atomic E-state index is 10.2. The summed E-state index contributed by atoms with van der Waals surface area (Å²) in [6, 6.07) is 0. The van der Waals surface area contributed by atoms with Crippen LogP contribution in [0.3, 0.4) is 0 Å². The molecule has 2 N–H and O–H groups in total. The Labute approximate surface area is 128 Å². The fourth-order valence-electron chi connectivity index (χ4n) is 2.72. The highest BCUT2D eigenvalue weighted by Crippen LogP contribution is 2.25. The van der Waals surface area contributed by atoms with E-state index in [0.29, 0.717) is 45.6 Å². The number of hydrogen-bond acceptors (Lipinski definition) is 5. The Bertz CT molecular complexity index is 217. The lowest BCUT2D eigenvalue weighted by molar-refractivity contribution is -0.0296. The third-order valence-corrected chi connectivity index (χ3v) is 3.96. The Hall–Kier alpha value is -0.200. The average molecular weight is 304 g/mol. The molecule has 0 spiro atoms. The van der Waals surface area contributed by atoms with Gasteiger partial charge in [-0.3, -0.25) is 0 Å². The minimum absolute atomic E-state index is 0.0438. The van der Waals surface area contributed by atoms with Crippen LogP contribution in [0, 0.1) is 5.92 Å². The van der Waals surface area contributed by atoms with Gasteiger partial charge in [-0.25, -0.2) is 0 Å². The summed E-state index contributed by atoms with van der Waals surface area (Å²) in [5.41, 5.74) is 0. The van der Waals surface area contributed by atoms with E-state index in [1.165, 1.54) is 32.1 Å². The smallest absolute Gasteiger partial charge is 0.0801 e. The van der Waals surface area contributed by atoms with Crippen molar-refractivity contribution in [2.24, 2.45) is 5.92 Å². The monoisotopic (exact) mass is 304 g/mol. The highest BCUT2D eigenvalue weighted by atomic mass is 16.5. The van der Waals surface area contributed by atoms with E-state index in [1.54, 1.807) is 0 Å². The highest BCUT2D eigenvalue weighted by molar-refractivity contribution is 4.71. The van der Waals surface area contributed by atoms with E-state index < -0.39 is 0 Å². The Kier molecular flexibility index (Phi) is 12.1. The molecular formula is C16H32O5. The van der Waals surface area contributed by atoms with E-state index in [0.717, 1.165) is 12.8 Å². The number of ether oxygens (including phenoxy) is 3. The molecule has 1 saturated carbocycles. The molecule has 21 heavy (non-hydrogen) atoms. The molecule has 0 saturated heterocycles. The molecule has 126 valence electrons. The lowest BCUT2D eigenvalue weighted by Crippen LogP contribution is -2.27. The molecule has 0 bridgehead atoms. The fourth-order valence-corrected chi connectivity index (χ4v) is 2.72. The molecule has 1 fully saturated rings. The first-order valence-corrected chi connectivity index (χ1v) is 8.36. The van der Waals surface area contributed by atoms with Crippen molar-refractivity contribution in [3.8, 4) is 0 Å². The first-order valence-electron chi connectivity index (χ1n) is 8.36. The molecule has 1 aliphatic rings. The van der Waals surface area contributed by atoms with Crippen molar-refractivity contribution in [1.82, 2.24) is 0 Å². The lowest BCUT2D eigenvalue weighted by Gasteiger charge is -2.24. The van der Waals surface area contributed by atoms with E-state index in [9.17, 15) is 5.11 Å². The van der Waals surface area contributed by atoms with Gasteiger partial charge in [-0.1, -0.05) is 32.1 Å². The maximum Gasteiger partial charge on any atom is 0.0801 e. The van der Waals surface area contributed by atoms with Gasteiger partial charge in [-0.15, -0.1) is 0 Å². The topological polar surface area (TPSA) is 68.2 Å². The van der Waals surface area contributed by atoms with Crippen LogP contribution in [0.2, 0.25) is 0 Å². The summed E-state index contributed by atoms with van der Waals surface area (Å²) in [5, 5.41) is 18.7. The Morgan fingerprint density at radius 3 is 1.90 bits per heavy atom. The van der Waals surface area contributed by atoms with Gasteiger partial charge in [0.05, 0.1) is 52.4 Å². The predicted octanol–water partition coefficient (Wildman–Crippen LogP) is 1.75. The zero-order chi connectivity index (χ0) is 15.2. The van der Waals surface area contributed by atoms with Gasteiger partial charge in [0.1, 0.15) is 0 Å². The Morgan fingerprint density at radius 1 is 0.762 bits per heavy atom. The summed E-state index contributed by atoms with van der Waals surface area (Å²) in [6.07, 6.45) is 8.34. The van der Waals surface area contributed by atoms with Crippen LogP contribution < -0.4 is 0 Å². The SMILES string of the molecule is OCCOCCOCCOCC(O)C1CCCCCCC1. The standard InChI is InChI=1S/C16H32O5/c17-8-9-19-10-11-20-12-13-21-14-16(18)15-6-4-2-1-3-5-7-15/h15-18H,1-14H2. The quantitative estimate of drug-likeness (QED) is 0.569. The van der Waals surface area contributed by atoms with Crippen molar-refractivity contribution in [2.45, 2.75) is 51.0 Å². The molecule has 1 unspecified atom stereocenters. The number of hydrogen-bond donors (Lipinski definition) is 2. The van der Waals surface area contributed by atoms with E-state index >= 15 is 0 Å².